The SMILES string of the molecule is CC(C)OC(=O)Nc1cc(F)ccc1N. The Morgan fingerprint density at radius 1 is 1.53 bits per heavy atom. The fourth-order valence-electron chi connectivity index (χ4n) is 0.990. The van der Waals surface area contributed by atoms with Gasteiger partial charge in [-0.05, 0) is 32.0 Å². The zero-order valence-corrected chi connectivity index (χ0v) is 8.58. The van der Waals surface area contributed by atoms with Gasteiger partial charge in [0.05, 0.1) is 17.5 Å². The molecule has 0 spiro atoms. The summed E-state index contributed by atoms with van der Waals surface area (Å²) in [4.78, 5) is 11.2. The summed E-state index contributed by atoms with van der Waals surface area (Å²) in [5.41, 5.74) is 6.03. The molecule has 3 N–H and O–H groups in total. The molecule has 15 heavy (non-hydrogen) atoms. The van der Waals surface area contributed by atoms with Gasteiger partial charge in [0.2, 0.25) is 0 Å². The molecule has 1 amide bonds. The average Bonchev–Trinajstić information content (AvgIpc) is 2.10. The van der Waals surface area contributed by atoms with E-state index in [-0.39, 0.29) is 17.5 Å². The minimum atomic E-state index is -0.651. The average molecular weight is 212 g/mol. The monoisotopic (exact) mass is 212 g/mol. The molecule has 0 fully saturated rings. The van der Waals surface area contributed by atoms with Gasteiger partial charge in [0.15, 0.2) is 0 Å². The van der Waals surface area contributed by atoms with Gasteiger partial charge in [0, 0.05) is 0 Å². The van der Waals surface area contributed by atoms with Crippen LogP contribution in [0, 0.1) is 5.82 Å². The Kier molecular flexibility index (Phi) is 3.49. The number of ether oxygens (including phenoxy) is 1. The van der Waals surface area contributed by atoms with E-state index in [0.29, 0.717) is 0 Å². The van der Waals surface area contributed by atoms with Crippen molar-refractivity contribution in [3.05, 3.63) is 24.0 Å². The van der Waals surface area contributed by atoms with E-state index in [1.165, 1.54) is 12.1 Å². The number of benzene rings is 1. The lowest BCUT2D eigenvalue weighted by Crippen LogP contribution is -2.18. The Morgan fingerprint density at radius 3 is 2.80 bits per heavy atom. The van der Waals surface area contributed by atoms with Gasteiger partial charge >= 0.3 is 6.09 Å². The van der Waals surface area contributed by atoms with Crippen molar-refractivity contribution in [2.45, 2.75) is 20.0 Å². The highest BCUT2D eigenvalue weighted by Gasteiger charge is 2.08. The molecule has 0 saturated heterocycles. The van der Waals surface area contributed by atoms with E-state index in [2.05, 4.69) is 5.32 Å². The molecule has 1 rings (SSSR count). The molecule has 0 aliphatic carbocycles. The van der Waals surface area contributed by atoms with Gasteiger partial charge < -0.3 is 10.5 Å². The number of nitrogens with two attached hydrogens (primary N) is 1. The predicted octanol–water partition coefficient (Wildman–Crippen LogP) is 2.36. The van der Waals surface area contributed by atoms with E-state index in [1.54, 1.807) is 13.8 Å². The number of rotatable bonds is 2. The van der Waals surface area contributed by atoms with E-state index < -0.39 is 11.9 Å². The van der Waals surface area contributed by atoms with E-state index in [0.717, 1.165) is 6.07 Å². The maximum Gasteiger partial charge on any atom is 0.411 e. The summed E-state index contributed by atoms with van der Waals surface area (Å²) in [5, 5.41) is 2.36. The molecule has 0 aliphatic rings. The quantitative estimate of drug-likeness (QED) is 0.739. The Labute approximate surface area is 87.2 Å². The van der Waals surface area contributed by atoms with Crippen LogP contribution < -0.4 is 11.1 Å². The Bertz CT molecular complexity index is 366. The van der Waals surface area contributed by atoms with Crippen LogP contribution in [0.5, 0.6) is 0 Å². The number of anilines is 2. The van der Waals surface area contributed by atoms with Crippen LogP contribution in [0.3, 0.4) is 0 Å². The van der Waals surface area contributed by atoms with Crippen LogP contribution >= 0.6 is 0 Å². The van der Waals surface area contributed by atoms with Crippen molar-refractivity contribution in [1.29, 1.82) is 0 Å². The molecule has 0 saturated carbocycles. The second-order valence-corrected chi connectivity index (χ2v) is 3.31. The van der Waals surface area contributed by atoms with Gasteiger partial charge in [-0.3, -0.25) is 5.32 Å². The predicted molar refractivity (Wildman–Crippen MR) is 56.1 cm³/mol. The number of hydrogen-bond acceptors (Lipinski definition) is 3. The molecule has 0 aliphatic heterocycles. The Balaban J connectivity index is 2.71. The van der Waals surface area contributed by atoms with Crippen LogP contribution in [0.25, 0.3) is 0 Å². The minimum absolute atomic E-state index is 0.209. The van der Waals surface area contributed by atoms with Gasteiger partial charge in [-0.15, -0.1) is 0 Å². The topological polar surface area (TPSA) is 64.3 Å². The summed E-state index contributed by atoms with van der Waals surface area (Å²) in [5.74, 6) is -0.468. The second-order valence-electron chi connectivity index (χ2n) is 3.31. The number of nitrogen functional groups attached to an aromatic ring is 1. The van der Waals surface area contributed by atoms with Crippen LogP contribution in [0.1, 0.15) is 13.8 Å². The normalized spacial score (nSPS) is 10.1. The van der Waals surface area contributed by atoms with E-state index in [9.17, 15) is 9.18 Å². The fraction of sp³-hybridized carbons (Fsp3) is 0.300. The number of amides is 1. The molecule has 0 aromatic heterocycles. The van der Waals surface area contributed by atoms with E-state index in [1.807, 2.05) is 0 Å². The molecule has 1 aromatic rings. The standard InChI is InChI=1S/C10H13FN2O2/c1-6(2)15-10(14)13-9-5-7(11)3-4-8(9)12/h3-6H,12H2,1-2H3,(H,13,14). The molecule has 82 valence electrons. The Hall–Kier alpha value is -1.78. The molecular formula is C10H13FN2O2. The molecule has 1 aromatic carbocycles. The van der Waals surface area contributed by atoms with Crippen molar-refractivity contribution in [2.24, 2.45) is 0 Å². The van der Waals surface area contributed by atoms with E-state index >= 15 is 0 Å². The van der Waals surface area contributed by atoms with Crippen LogP contribution in [0.15, 0.2) is 18.2 Å². The van der Waals surface area contributed by atoms with Crippen molar-refractivity contribution >= 4 is 17.5 Å². The summed E-state index contributed by atoms with van der Waals surface area (Å²) in [6.07, 6.45) is -0.887. The van der Waals surface area contributed by atoms with Crippen molar-refractivity contribution in [3.63, 3.8) is 0 Å². The second kappa shape index (κ2) is 4.63. The Morgan fingerprint density at radius 2 is 2.20 bits per heavy atom. The molecule has 0 bridgehead atoms. The first-order valence-corrected chi connectivity index (χ1v) is 4.51. The first-order chi connectivity index (χ1) is 6.99. The van der Waals surface area contributed by atoms with Crippen LogP contribution in [0.4, 0.5) is 20.6 Å². The highest BCUT2D eigenvalue weighted by Crippen LogP contribution is 2.19. The van der Waals surface area contributed by atoms with Gasteiger partial charge in [-0.2, -0.15) is 0 Å². The third-order valence-electron chi connectivity index (χ3n) is 1.59. The first-order valence-electron chi connectivity index (χ1n) is 4.51. The summed E-state index contributed by atoms with van der Waals surface area (Å²) in [7, 11) is 0. The largest absolute Gasteiger partial charge is 0.447 e. The van der Waals surface area contributed by atoms with Gasteiger partial charge in [-0.25, -0.2) is 9.18 Å². The summed E-state index contributed by atoms with van der Waals surface area (Å²) in [6.45, 7) is 3.43. The zero-order chi connectivity index (χ0) is 11.4. The highest BCUT2D eigenvalue weighted by molar-refractivity contribution is 5.88. The molecule has 5 heteroatoms. The minimum Gasteiger partial charge on any atom is -0.447 e. The maximum absolute atomic E-state index is 12.8. The molecule has 0 unspecified atom stereocenters. The van der Waals surface area contributed by atoms with Crippen LogP contribution in [-0.4, -0.2) is 12.2 Å². The van der Waals surface area contributed by atoms with Gasteiger partial charge in [0.1, 0.15) is 5.82 Å². The number of hydrogen-bond donors (Lipinski definition) is 2. The molecule has 0 radical (unpaired) electrons. The third-order valence-corrected chi connectivity index (χ3v) is 1.59. The summed E-state index contributed by atoms with van der Waals surface area (Å²) in [6, 6.07) is 3.73. The number of nitrogens with one attached hydrogen (secondary N) is 1. The molecular weight excluding hydrogens is 199 g/mol. The molecule has 0 atom stereocenters. The number of carbonyl (C=O) groups excluding carboxylic acids is 1. The lowest BCUT2D eigenvalue weighted by molar-refractivity contribution is 0.130. The lowest BCUT2D eigenvalue weighted by Gasteiger charge is -2.10. The van der Waals surface area contributed by atoms with Crippen molar-refractivity contribution in [1.82, 2.24) is 0 Å². The van der Waals surface area contributed by atoms with Crippen molar-refractivity contribution < 1.29 is 13.9 Å². The smallest absolute Gasteiger partial charge is 0.411 e. The number of carbonyl (C=O) groups is 1. The number of halogens is 1. The van der Waals surface area contributed by atoms with Crippen molar-refractivity contribution in [3.8, 4) is 0 Å². The maximum atomic E-state index is 12.8. The molecule has 0 heterocycles. The first kappa shape index (κ1) is 11.3. The zero-order valence-electron chi connectivity index (χ0n) is 8.58. The van der Waals surface area contributed by atoms with E-state index in [4.69, 9.17) is 10.5 Å². The van der Waals surface area contributed by atoms with Crippen LogP contribution in [-0.2, 0) is 4.74 Å². The van der Waals surface area contributed by atoms with Crippen LogP contribution in [0.2, 0.25) is 0 Å². The summed E-state index contributed by atoms with van der Waals surface area (Å²) >= 11 is 0. The summed E-state index contributed by atoms with van der Waals surface area (Å²) < 4.78 is 17.6. The third kappa shape index (κ3) is 3.46. The van der Waals surface area contributed by atoms with Gasteiger partial charge in [-0.1, -0.05) is 0 Å². The lowest BCUT2D eigenvalue weighted by atomic mass is 10.2. The van der Waals surface area contributed by atoms with Gasteiger partial charge in [0.25, 0.3) is 0 Å². The van der Waals surface area contributed by atoms with Crippen molar-refractivity contribution in [2.75, 3.05) is 11.1 Å². The fourth-order valence-corrected chi connectivity index (χ4v) is 0.990. The highest BCUT2D eigenvalue weighted by atomic mass is 19.1. The molecule has 4 nitrogen and oxygen atoms in total.